The summed E-state index contributed by atoms with van der Waals surface area (Å²) < 4.78 is 13.1. The van der Waals surface area contributed by atoms with Crippen molar-refractivity contribution in [3.05, 3.63) is 188 Å². The molecule has 0 bridgehead atoms. The van der Waals surface area contributed by atoms with Crippen molar-refractivity contribution in [1.82, 2.24) is 15.0 Å². The fourth-order valence-electron chi connectivity index (χ4n) is 9.15. The molecule has 0 unspecified atom stereocenters. The molecule has 0 aliphatic rings. The summed E-state index contributed by atoms with van der Waals surface area (Å²) in [5.74, 6) is 1.69. The Morgan fingerprint density at radius 2 is 0.817 bits per heavy atom. The van der Waals surface area contributed by atoms with Crippen LogP contribution in [0, 0.1) is 0 Å². The second kappa shape index (κ2) is 12.7. The minimum Gasteiger partial charge on any atom is -0.456 e. The summed E-state index contributed by atoms with van der Waals surface area (Å²) in [6, 6.07) is 65.9. The van der Waals surface area contributed by atoms with Crippen LogP contribution in [0.2, 0.25) is 0 Å². The van der Waals surface area contributed by atoms with Crippen LogP contribution in [0.4, 0.5) is 0 Å². The van der Waals surface area contributed by atoms with E-state index in [4.69, 9.17) is 23.8 Å². The predicted octanol–water partition coefficient (Wildman–Crippen LogP) is 15.0. The molecule has 0 spiro atoms. The lowest BCUT2D eigenvalue weighted by Gasteiger charge is -2.14. The lowest BCUT2D eigenvalue weighted by atomic mass is 9.92. The highest BCUT2D eigenvalue weighted by molar-refractivity contribution is 6.18. The number of nitrogens with zero attached hydrogens (tertiary/aromatic N) is 3. The standard InChI is InChI=1S/C55H31N3O2/c1-2-11-34-27-39(20-17-32(34)9-1)53-56-54(40-22-24-45-44-15-7-8-16-47(44)59-49(45)31-40)58-55(57-53)52-43(38-21-23-42-37(28-38)19-18-33-10-5-6-14-41(33)42)25-26-48-51(52)46-29-35-12-3-4-13-36(35)30-50(46)60-48/h1-31H. The highest BCUT2D eigenvalue weighted by Crippen LogP contribution is 2.44. The fraction of sp³-hybridized carbons (Fsp3) is 0. The maximum Gasteiger partial charge on any atom is 0.165 e. The molecule has 13 rings (SSSR count). The number of hydrogen-bond donors (Lipinski definition) is 0. The number of hydrogen-bond acceptors (Lipinski definition) is 5. The molecule has 0 atom stereocenters. The van der Waals surface area contributed by atoms with Crippen molar-refractivity contribution >= 4 is 87.0 Å². The summed E-state index contributed by atoms with van der Waals surface area (Å²) >= 11 is 0. The number of benzene rings is 10. The highest BCUT2D eigenvalue weighted by atomic mass is 16.3. The van der Waals surface area contributed by atoms with Crippen molar-refractivity contribution in [3.8, 4) is 45.3 Å². The van der Waals surface area contributed by atoms with Gasteiger partial charge in [0.05, 0.1) is 0 Å². The maximum atomic E-state index is 6.70. The quantitative estimate of drug-likeness (QED) is 0.167. The lowest BCUT2D eigenvalue weighted by Crippen LogP contribution is -2.01. The molecule has 0 aliphatic carbocycles. The third-order valence-electron chi connectivity index (χ3n) is 12.1. The predicted molar refractivity (Wildman–Crippen MR) is 246 cm³/mol. The van der Waals surface area contributed by atoms with Crippen LogP contribution in [0.25, 0.3) is 132 Å². The van der Waals surface area contributed by atoms with Crippen LogP contribution in [-0.2, 0) is 0 Å². The van der Waals surface area contributed by atoms with Crippen molar-refractivity contribution in [3.63, 3.8) is 0 Å². The van der Waals surface area contributed by atoms with E-state index < -0.39 is 0 Å². The van der Waals surface area contributed by atoms with Crippen LogP contribution in [-0.4, -0.2) is 15.0 Å². The monoisotopic (exact) mass is 765 g/mol. The zero-order valence-corrected chi connectivity index (χ0v) is 32.1. The van der Waals surface area contributed by atoms with E-state index in [2.05, 4.69) is 164 Å². The zero-order valence-electron chi connectivity index (χ0n) is 32.1. The largest absolute Gasteiger partial charge is 0.456 e. The van der Waals surface area contributed by atoms with Gasteiger partial charge >= 0.3 is 0 Å². The van der Waals surface area contributed by atoms with E-state index in [9.17, 15) is 0 Å². The Kier molecular flexibility index (Phi) is 6.95. The summed E-state index contributed by atoms with van der Waals surface area (Å²) in [6.45, 7) is 0. The second-order valence-corrected chi connectivity index (χ2v) is 15.6. The normalized spacial score (nSPS) is 12.0. The van der Waals surface area contributed by atoms with E-state index >= 15 is 0 Å². The first kappa shape index (κ1) is 32.9. The summed E-state index contributed by atoms with van der Waals surface area (Å²) in [7, 11) is 0. The summed E-state index contributed by atoms with van der Waals surface area (Å²) in [5.41, 5.74) is 7.89. The Morgan fingerprint density at radius 1 is 0.283 bits per heavy atom. The molecular weight excluding hydrogens is 735 g/mol. The molecule has 10 aromatic carbocycles. The van der Waals surface area contributed by atoms with Gasteiger partial charge in [0.25, 0.3) is 0 Å². The Morgan fingerprint density at radius 3 is 1.67 bits per heavy atom. The third-order valence-corrected chi connectivity index (χ3v) is 12.1. The minimum atomic E-state index is 0.552. The minimum absolute atomic E-state index is 0.552. The number of fused-ring (bicyclic) bond motifs is 11. The van der Waals surface area contributed by atoms with Crippen LogP contribution in [0.15, 0.2) is 197 Å². The van der Waals surface area contributed by atoms with Gasteiger partial charge in [0.1, 0.15) is 22.3 Å². The van der Waals surface area contributed by atoms with Gasteiger partial charge in [0, 0.05) is 38.2 Å². The molecular formula is C55H31N3O2. The van der Waals surface area contributed by atoms with Crippen molar-refractivity contribution in [2.24, 2.45) is 0 Å². The van der Waals surface area contributed by atoms with Gasteiger partial charge in [-0.25, -0.2) is 15.0 Å². The molecule has 0 saturated carbocycles. The van der Waals surface area contributed by atoms with Gasteiger partial charge in [-0.05, 0) is 109 Å². The molecule has 0 N–H and O–H groups in total. The van der Waals surface area contributed by atoms with Crippen molar-refractivity contribution in [2.75, 3.05) is 0 Å². The van der Waals surface area contributed by atoms with Crippen molar-refractivity contribution in [1.29, 1.82) is 0 Å². The first-order chi connectivity index (χ1) is 29.7. The van der Waals surface area contributed by atoms with Gasteiger partial charge in [-0.3, -0.25) is 0 Å². The molecule has 0 saturated heterocycles. The van der Waals surface area contributed by atoms with E-state index in [1.165, 1.54) is 16.2 Å². The summed E-state index contributed by atoms with van der Waals surface area (Å²) in [6.07, 6.45) is 0. The molecule has 0 amide bonds. The second-order valence-electron chi connectivity index (χ2n) is 15.6. The van der Waals surface area contributed by atoms with Crippen LogP contribution in [0.1, 0.15) is 0 Å². The smallest absolute Gasteiger partial charge is 0.165 e. The van der Waals surface area contributed by atoms with Gasteiger partial charge in [0.15, 0.2) is 17.5 Å². The van der Waals surface area contributed by atoms with Crippen LogP contribution >= 0.6 is 0 Å². The SMILES string of the molecule is c1ccc2cc(-c3nc(-c4ccc5c(c4)oc4ccccc45)nc(-c4c(-c5ccc6c(ccc7ccccc76)c5)ccc5oc6cc7ccccc7cc6c45)n3)ccc2c1. The third kappa shape index (κ3) is 5.09. The molecule has 3 aromatic heterocycles. The average Bonchev–Trinajstić information content (AvgIpc) is 3.87. The van der Waals surface area contributed by atoms with E-state index in [-0.39, 0.29) is 0 Å². The molecule has 0 radical (unpaired) electrons. The average molecular weight is 766 g/mol. The van der Waals surface area contributed by atoms with Gasteiger partial charge < -0.3 is 8.83 Å². The van der Waals surface area contributed by atoms with Gasteiger partial charge in [-0.1, -0.05) is 133 Å². The van der Waals surface area contributed by atoms with Crippen LogP contribution in [0.5, 0.6) is 0 Å². The summed E-state index contributed by atoms with van der Waals surface area (Å²) in [5, 5.41) is 13.4. The number of furan rings is 2. The number of rotatable bonds is 4. The van der Waals surface area contributed by atoms with E-state index in [0.717, 1.165) is 98.6 Å². The Bertz CT molecular complexity index is 3910. The van der Waals surface area contributed by atoms with E-state index in [1.807, 2.05) is 24.3 Å². The molecule has 60 heavy (non-hydrogen) atoms. The first-order valence-electron chi connectivity index (χ1n) is 20.2. The zero-order chi connectivity index (χ0) is 39.3. The molecule has 5 heteroatoms. The molecule has 5 nitrogen and oxygen atoms in total. The van der Waals surface area contributed by atoms with Gasteiger partial charge in [0.2, 0.25) is 0 Å². The molecule has 0 aliphatic heterocycles. The Hall–Kier alpha value is -8.15. The van der Waals surface area contributed by atoms with E-state index in [0.29, 0.717) is 17.5 Å². The Labute approximate surface area is 342 Å². The van der Waals surface area contributed by atoms with Crippen LogP contribution < -0.4 is 0 Å². The van der Waals surface area contributed by atoms with Crippen LogP contribution in [0.3, 0.4) is 0 Å². The van der Waals surface area contributed by atoms with Gasteiger partial charge in [-0.15, -0.1) is 0 Å². The van der Waals surface area contributed by atoms with Gasteiger partial charge in [-0.2, -0.15) is 0 Å². The topological polar surface area (TPSA) is 65.0 Å². The molecule has 3 heterocycles. The Balaban J connectivity index is 1.12. The molecule has 278 valence electrons. The van der Waals surface area contributed by atoms with Crippen molar-refractivity contribution in [2.45, 2.75) is 0 Å². The fourth-order valence-corrected chi connectivity index (χ4v) is 9.15. The lowest BCUT2D eigenvalue weighted by molar-refractivity contribution is 0.669. The van der Waals surface area contributed by atoms with E-state index in [1.54, 1.807) is 0 Å². The first-order valence-corrected chi connectivity index (χ1v) is 20.2. The summed E-state index contributed by atoms with van der Waals surface area (Å²) in [4.78, 5) is 16.0. The maximum absolute atomic E-state index is 6.70. The number of aromatic nitrogens is 3. The van der Waals surface area contributed by atoms with Crippen molar-refractivity contribution < 1.29 is 8.83 Å². The highest BCUT2D eigenvalue weighted by Gasteiger charge is 2.23. The number of para-hydroxylation sites is 1. The molecule has 0 fully saturated rings. The molecule has 13 aromatic rings.